The Balaban J connectivity index is 1.24. The number of aromatic nitrogens is 4. The summed E-state index contributed by atoms with van der Waals surface area (Å²) in [5.41, 5.74) is 5.16. The van der Waals surface area contributed by atoms with E-state index in [1.165, 1.54) is 6.08 Å². The summed E-state index contributed by atoms with van der Waals surface area (Å²) in [6.07, 6.45) is 6.88. The Kier molecular flexibility index (Phi) is 8.99. The molecule has 4 aromatic rings. The van der Waals surface area contributed by atoms with Crippen LogP contribution in [0.4, 0.5) is 22.9 Å². The molecule has 6 rings (SSSR count). The van der Waals surface area contributed by atoms with Crippen molar-refractivity contribution in [1.29, 1.82) is 0 Å². The van der Waals surface area contributed by atoms with Crippen molar-refractivity contribution >= 4 is 39.7 Å². The molecule has 2 N–H and O–H groups in total. The lowest BCUT2D eigenvalue weighted by molar-refractivity contribution is -0.111. The van der Waals surface area contributed by atoms with Gasteiger partial charge in [-0.3, -0.25) is 14.4 Å². The Morgan fingerprint density at radius 3 is 2.51 bits per heavy atom. The van der Waals surface area contributed by atoms with E-state index in [9.17, 15) is 4.79 Å². The maximum absolute atomic E-state index is 12.5. The fourth-order valence-corrected chi connectivity index (χ4v) is 6.39. The molecule has 11 heteroatoms. The highest BCUT2D eigenvalue weighted by Gasteiger charge is 2.28. The molecule has 0 unspecified atom stereocenters. The zero-order chi connectivity index (χ0) is 31.5. The molecule has 0 bridgehead atoms. The van der Waals surface area contributed by atoms with Crippen molar-refractivity contribution in [2.45, 2.75) is 38.8 Å². The number of anilines is 4. The molecular formula is C34H43N9O2. The third-order valence-corrected chi connectivity index (χ3v) is 8.93. The number of carbonyl (C=O) groups excluding carboxylic acids is 1. The maximum Gasteiger partial charge on any atom is 0.247 e. The molecule has 2 aliphatic heterocycles. The van der Waals surface area contributed by atoms with Gasteiger partial charge in [0.2, 0.25) is 5.91 Å². The Hall–Kier alpha value is -4.48. The minimum atomic E-state index is -0.264. The van der Waals surface area contributed by atoms with E-state index in [4.69, 9.17) is 4.74 Å². The van der Waals surface area contributed by atoms with E-state index in [-0.39, 0.29) is 11.9 Å². The quantitative estimate of drug-likeness (QED) is 0.249. The Bertz CT molecular complexity index is 1670. The standard InChI is InChI=1S/C34H43N9O2/c1-6-34(44)39-28-18-29(32(45-5)20-31(28)42-11-9-26(10-12-42)41-15-13-40(4)14-16-41)38-33-19-27(35-22-36-33)24-7-8-30-25(17-24)21-37-43(30)23(2)3/h6-8,17-23,26H,1,9-16H2,2-5H3,(H,39,44)(H,35,36,38). The van der Waals surface area contributed by atoms with Crippen LogP contribution in [-0.4, -0.2) is 94.9 Å². The van der Waals surface area contributed by atoms with Crippen LogP contribution in [0.2, 0.25) is 0 Å². The van der Waals surface area contributed by atoms with E-state index < -0.39 is 0 Å². The smallest absolute Gasteiger partial charge is 0.247 e. The average Bonchev–Trinajstić information content (AvgIpc) is 3.49. The van der Waals surface area contributed by atoms with E-state index in [0.29, 0.717) is 29.0 Å². The highest BCUT2D eigenvalue weighted by atomic mass is 16.5. The largest absolute Gasteiger partial charge is 0.494 e. The predicted octanol–water partition coefficient (Wildman–Crippen LogP) is 5.17. The van der Waals surface area contributed by atoms with E-state index in [1.807, 2.05) is 29.1 Å². The first-order valence-electron chi connectivity index (χ1n) is 15.7. The fraction of sp³-hybridized carbons (Fsp3) is 0.412. The topological polar surface area (TPSA) is 104 Å². The first-order valence-corrected chi connectivity index (χ1v) is 15.7. The van der Waals surface area contributed by atoms with Crippen LogP contribution in [0.1, 0.15) is 32.7 Å². The van der Waals surface area contributed by atoms with Gasteiger partial charge in [0.05, 0.1) is 41.6 Å². The van der Waals surface area contributed by atoms with E-state index >= 15 is 0 Å². The molecule has 2 aromatic heterocycles. The van der Waals surface area contributed by atoms with Gasteiger partial charge >= 0.3 is 0 Å². The number of likely N-dealkylation sites (N-methyl/N-ethyl adjacent to an activating group) is 1. The van der Waals surface area contributed by atoms with Gasteiger partial charge in [0.15, 0.2) is 0 Å². The lowest BCUT2D eigenvalue weighted by Crippen LogP contribution is -2.52. The van der Waals surface area contributed by atoms with Gasteiger partial charge in [-0.15, -0.1) is 0 Å². The Morgan fingerprint density at radius 1 is 1.02 bits per heavy atom. The summed E-state index contributed by atoms with van der Waals surface area (Å²) in [5.74, 6) is 1.00. The van der Waals surface area contributed by atoms with Crippen LogP contribution < -0.4 is 20.3 Å². The SMILES string of the molecule is C=CC(=O)Nc1cc(Nc2cc(-c3ccc4c(cnn4C(C)C)c3)ncn2)c(OC)cc1N1CCC(N2CCN(C)CC2)CC1. The highest BCUT2D eigenvalue weighted by molar-refractivity contribution is 6.02. The van der Waals surface area contributed by atoms with E-state index in [0.717, 1.165) is 80.0 Å². The number of benzene rings is 2. The summed E-state index contributed by atoms with van der Waals surface area (Å²) in [7, 11) is 3.85. The number of carbonyl (C=O) groups is 1. The van der Waals surface area contributed by atoms with Crippen LogP contribution in [0.5, 0.6) is 5.75 Å². The van der Waals surface area contributed by atoms with Crippen molar-refractivity contribution in [1.82, 2.24) is 29.5 Å². The van der Waals surface area contributed by atoms with Crippen molar-refractivity contribution < 1.29 is 9.53 Å². The molecule has 236 valence electrons. The maximum atomic E-state index is 12.5. The molecule has 2 aliphatic rings. The molecule has 0 spiro atoms. The summed E-state index contributed by atoms with van der Waals surface area (Å²) in [4.78, 5) is 28.9. The molecule has 11 nitrogen and oxygen atoms in total. The summed E-state index contributed by atoms with van der Waals surface area (Å²) in [6, 6.07) is 12.9. The molecule has 2 fully saturated rings. The first-order chi connectivity index (χ1) is 21.8. The van der Waals surface area contributed by atoms with Crippen molar-refractivity contribution in [3.05, 3.63) is 61.6 Å². The normalized spacial score (nSPS) is 16.7. The van der Waals surface area contributed by atoms with Gasteiger partial charge < -0.3 is 25.2 Å². The summed E-state index contributed by atoms with van der Waals surface area (Å²) in [5, 5.41) is 12.0. The second-order valence-electron chi connectivity index (χ2n) is 12.2. The molecule has 2 aromatic carbocycles. The monoisotopic (exact) mass is 609 g/mol. The number of fused-ring (bicyclic) bond motifs is 1. The molecular weight excluding hydrogens is 566 g/mol. The van der Waals surface area contributed by atoms with Gasteiger partial charge in [-0.1, -0.05) is 12.6 Å². The first kappa shape index (κ1) is 30.5. The molecule has 0 radical (unpaired) electrons. The zero-order valence-electron chi connectivity index (χ0n) is 26.7. The Labute approximate surface area is 264 Å². The number of rotatable bonds is 9. The molecule has 0 saturated carbocycles. The minimum absolute atomic E-state index is 0.264. The third-order valence-electron chi connectivity index (χ3n) is 8.93. The van der Waals surface area contributed by atoms with Crippen molar-refractivity contribution in [2.75, 3.05) is 69.0 Å². The van der Waals surface area contributed by atoms with Gasteiger partial charge in [0.1, 0.15) is 17.9 Å². The molecule has 2 saturated heterocycles. The Morgan fingerprint density at radius 2 is 1.80 bits per heavy atom. The van der Waals surface area contributed by atoms with E-state index in [2.05, 4.69) is 86.1 Å². The molecule has 45 heavy (non-hydrogen) atoms. The van der Waals surface area contributed by atoms with Gasteiger partial charge in [-0.2, -0.15) is 5.10 Å². The minimum Gasteiger partial charge on any atom is -0.494 e. The number of piperidine rings is 1. The second kappa shape index (κ2) is 13.3. The summed E-state index contributed by atoms with van der Waals surface area (Å²) < 4.78 is 7.87. The van der Waals surface area contributed by atoms with Gasteiger partial charge in [0, 0.05) is 74.4 Å². The average molecular weight is 610 g/mol. The van der Waals surface area contributed by atoms with Gasteiger partial charge in [0.25, 0.3) is 0 Å². The number of nitrogens with one attached hydrogen (secondary N) is 2. The zero-order valence-corrected chi connectivity index (χ0v) is 26.7. The number of hydrogen-bond donors (Lipinski definition) is 2. The van der Waals surface area contributed by atoms with Crippen LogP contribution >= 0.6 is 0 Å². The van der Waals surface area contributed by atoms with Crippen LogP contribution in [-0.2, 0) is 4.79 Å². The van der Waals surface area contributed by atoms with Crippen LogP contribution in [0, 0.1) is 0 Å². The van der Waals surface area contributed by atoms with Gasteiger partial charge in [-0.25, -0.2) is 9.97 Å². The number of nitrogens with zero attached hydrogens (tertiary/aromatic N) is 7. The molecule has 0 atom stereocenters. The lowest BCUT2D eigenvalue weighted by atomic mass is 10.0. The number of amides is 1. The third kappa shape index (κ3) is 6.64. The molecule has 1 amide bonds. The summed E-state index contributed by atoms with van der Waals surface area (Å²) in [6.45, 7) is 14.2. The number of piperazine rings is 1. The second-order valence-corrected chi connectivity index (χ2v) is 12.2. The van der Waals surface area contributed by atoms with Crippen molar-refractivity contribution in [2.24, 2.45) is 0 Å². The number of ether oxygens (including phenoxy) is 1. The predicted molar refractivity (Wildman–Crippen MR) is 181 cm³/mol. The van der Waals surface area contributed by atoms with Gasteiger partial charge in [-0.05, 0) is 58.0 Å². The summed E-state index contributed by atoms with van der Waals surface area (Å²) >= 11 is 0. The van der Waals surface area contributed by atoms with Crippen LogP contribution in [0.25, 0.3) is 22.2 Å². The molecule has 0 aliphatic carbocycles. The van der Waals surface area contributed by atoms with Crippen molar-refractivity contribution in [3.63, 3.8) is 0 Å². The molecule has 4 heterocycles. The highest BCUT2D eigenvalue weighted by Crippen LogP contribution is 2.40. The fourth-order valence-electron chi connectivity index (χ4n) is 6.39. The lowest BCUT2D eigenvalue weighted by Gasteiger charge is -2.43. The van der Waals surface area contributed by atoms with Crippen LogP contribution in [0.3, 0.4) is 0 Å². The number of hydrogen-bond acceptors (Lipinski definition) is 9. The van der Waals surface area contributed by atoms with Crippen molar-refractivity contribution in [3.8, 4) is 17.0 Å². The number of methoxy groups -OCH3 is 1. The van der Waals surface area contributed by atoms with E-state index in [1.54, 1.807) is 13.4 Å². The van der Waals surface area contributed by atoms with Crippen LogP contribution in [0.15, 0.2) is 61.6 Å².